The molecule has 15 heavy (non-hydrogen) atoms. The Labute approximate surface area is 96.8 Å². The summed E-state index contributed by atoms with van der Waals surface area (Å²) in [6.07, 6.45) is 1.09. The van der Waals surface area contributed by atoms with Gasteiger partial charge in [0.15, 0.2) is 0 Å². The average Bonchev–Trinajstić information content (AvgIpc) is 2.21. The van der Waals surface area contributed by atoms with E-state index in [0.717, 1.165) is 11.4 Å². The molecule has 0 spiro atoms. The molecule has 0 heterocycles. The summed E-state index contributed by atoms with van der Waals surface area (Å²) in [5.41, 5.74) is 5.30. The van der Waals surface area contributed by atoms with E-state index in [1.165, 1.54) is 11.1 Å². The van der Waals surface area contributed by atoms with Gasteiger partial charge in [-0.2, -0.15) is 0 Å². The van der Waals surface area contributed by atoms with Crippen molar-refractivity contribution in [2.45, 2.75) is 33.2 Å². The first-order valence-electron chi connectivity index (χ1n) is 5.32. The van der Waals surface area contributed by atoms with Gasteiger partial charge in [-0.25, -0.2) is 0 Å². The number of aryl methyl sites for hydroxylation is 1. The van der Waals surface area contributed by atoms with Crippen molar-refractivity contribution in [2.75, 3.05) is 0 Å². The van der Waals surface area contributed by atoms with Crippen molar-refractivity contribution in [1.29, 1.82) is 0 Å². The Hall–Kier alpha value is -0.570. The molecule has 0 saturated carbocycles. The Bertz CT molecular complexity index is 325. The van der Waals surface area contributed by atoms with E-state index in [4.69, 9.17) is 17.4 Å². The van der Waals surface area contributed by atoms with Gasteiger partial charge >= 0.3 is 0 Å². The smallest absolute Gasteiger partial charge is 0.0488 e. The predicted molar refractivity (Wildman–Crippen MR) is 65.7 cm³/mol. The van der Waals surface area contributed by atoms with E-state index < -0.39 is 0 Å². The highest BCUT2D eigenvalue weighted by atomic mass is 35.5. The van der Waals surface area contributed by atoms with Crippen molar-refractivity contribution in [3.63, 3.8) is 0 Å². The molecular weight excluding hydrogens is 208 g/mol. The standard InChI is InChI=1S/C12H19ClN2/c1-4-8(2)12(15-14)11-6-5-10(13)7-9(11)3/h5-8,12,15H,4,14H2,1-3H3. The lowest BCUT2D eigenvalue weighted by Crippen LogP contribution is -2.32. The monoisotopic (exact) mass is 226 g/mol. The van der Waals surface area contributed by atoms with E-state index in [1.807, 2.05) is 18.2 Å². The summed E-state index contributed by atoms with van der Waals surface area (Å²) in [5.74, 6) is 6.11. The zero-order valence-electron chi connectivity index (χ0n) is 9.55. The average molecular weight is 227 g/mol. The predicted octanol–water partition coefficient (Wildman–Crippen LogP) is 3.20. The van der Waals surface area contributed by atoms with Gasteiger partial charge in [0.25, 0.3) is 0 Å². The van der Waals surface area contributed by atoms with Gasteiger partial charge in [0.05, 0.1) is 0 Å². The zero-order chi connectivity index (χ0) is 11.4. The van der Waals surface area contributed by atoms with Gasteiger partial charge in [0, 0.05) is 11.1 Å². The third-order valence-electron chi connectivity index (χ3n) is 2.96. The molecule has 1 aromatic carbocycles. The minimum Gasteiger partial charge on any atom is -0.271 e. The lowest BCUT2D eigenvalue weighted by atomic mass is 9.90. The number of rotatable bonds is 4. The highest BCUT2D eigenvalue weighted by Gasteiger charge is 2.17. The van der Waals surface area contributed by atoms with E-state index in [-0.39, 0.29) is 6.04 Å². The van der Waals surface area contributed by atoms with Gasteiger partial charge in [-0.1, -0.05) is 37.9 Å². The summed E-state index contributed by atoms with van der Waals surface area (Å²) in [5, 5.41) is 0.774. The second-order valence-corrected chi connectivity index (χ2v) is 4.47. The molecule has 2 nitrogen and oxygen atoms in total. The number of hydrogen-bond donors (Lipinski definition) is 2. The van der Waals surface area contributed by atoms with Crippen LogP contribution in [0.2, 0.25) is 5.02 Å². The number of benzene rings is 1. The number of hydrogen-bond acceptors (Lipinski definition) is 2. The fraction of sp³-hybridized carbons (Fsp3) is 0.500. The Morgan fingerprint density at radius 2 is 2.13 bits per heavy atom. The summed E-state index contributed by atoms with van der Waals surface area (Å²) in [6.45, 7) is 6.42. The molecule has 1 aromatic rings. The van der Waals surface area contributed by atoms with Crippen LogP contribution in [0.15, 0.2) is 18.2 Å². The minimum atomic E-state index is 0.201. The third-order valence-corrected chi connectivity index (χ3v) is 3.19. The normalized spacial score (nSPS) is 15.0. The van der Waals surface area contributed by atoms with Crippen LogP contribution in [0, 0.1) is 12.8 Å². The zero-order valence-corrected chi connectivity index (χ0v) is 10.3. The second-order valence-electron chi connectivity index (χ2n) is 4.03. The number of halogens is 1. The van der Waals surface area contributed by atoms with Crippen LogP contribution >= 0.6 is 11.6 Å². The third kappa shape index (κ3) is 2.94. The van der Waals surface area contributed by atoms with E-state index in [2.05, 4.69) is 26.2 Å². The molecule has 3 heteroatoms. The van der Waals surface area contributed by atoms with Crippen LogP contribution in [0.4, 0.5) is 0 Å². The second kappa shape index (κ2) is 5.50. The maximum Gasteiger partial charge on any atom is 0.0488 e. The molecule has 0 aliphatic heterocycles. The highest BCUT2D eigenvalue weighted by molar-refractivity contribution is 6.30. The van der Waals surface area contributed by atoms with Crippen LogP contribution in [0.25, 0.3) is 0 Å². The maximum absolute atomic E-state index is 5.93. The van der Waals surface area contributed by atoms with Gasteiger partial charge in [-0.05, 0) is 36.1 Å². The Morgan fingerprint density at radius 1 is 1.47 bits per heavy atom. The number of nitrogens with two attached hydrogens (primary N) is 1. The van der Waals surface area contributed by atoms with Crippen LogP contribution in [0.5, 0.6) is 0 Å². The maximum atomic E-state index is 5.93. The molecule has 1 rings (SSSR count). The molecule has 2 unspecified atom stereocenters. The van der Waals surface area contributed by atoms with Gasteiger partial charge in [0.1, 0.15) is 0 Å². The molecule has 0 bridgehead atoms. The van der Waals surface area contributed by atoms with Crippen molar-refractivity contribution in [1.82, 2.24) is 5.43 Å². The van der Waals surface area contributed by atoms with Crippen molar-refractivity contribution < 1.29 is 0 Å². The van der Waals surface area contributed by atoms with Crippen LogP contribution < -0.4 is 11.3 Å². The lowest BCUT2D eigenvalue weighted by Gasteiger charge is -2.24. The molecule has 0 aliphatic carbocycles. The molecule has 0 saturated heterocycles. The van der Waals surface area contributed by atoms with Crippen molar-refractivity contribution in [2.24, 2.45) is 11.8 Å². The molecule has 84 valence electrons. The van der Waals surface area contributed by atoms with Gasteiger partial charge in [0.2, 0.25) is 0 Å². The quantitative estimate of drug-likeness (QED) is 0.611. The summed E-state index contributed by atoms with van der Waals surface area (Å²) in [6, 6.07) is 6.14. The number of hydrazine groups is 1. The van der Waals surface area contributed by atoms with Crippen LogP contribution in [-0.2, 0) is 0 Å². The van der Waals surface area contributed by atoms with Crippen LogP contribution in [-0.4, -0.2) is 0 Å². The van der Waals surface area contributed by atoms with Crippen molar-refractivity contribution in [3.05, 3.63) is 34.3 Å². The molecule has 2 atom stereocenters. The van der Waals surface area contributed by atoms with Gasteiger partial charge in [-0.15, -0.1) is 0 Å². The highest BCUT2D eigenvalue weighted by Crippen LogP contribution is 2.27. The summed E-state index contributed by atoms with van der Waals surface area (Å²) in [7, 11) is 0. The Morgan fingerprint density at radius 3 is 2.60 bits per heavy atom. The first-order valence-corrected chi connectivity index (χ1v) is 5.70. The van der Waals surface area contributed by atoms with Crippen LogP contribution in [0.3, 0.4) is 0 Å². The Balaban J connectivity index is 3.01. The fourth-order valence-electron chi connectivity index (χ4n) is 1.78. The van der Waals surface area contributed by atoms with Crippen molar-refractivity contribution >= 4 is 11.6 Å². The Kier molecular flexibility index (Phi) is 4.58. The molecule has 0 fully saturated rings. The van der Waals surface area contributed by atoms with E-state index >= 15 is 0 Å². The van der Waals surface area contributed by atoms with Gasteiger partial charge < -0.3 is 0 Å². The van der Waals surface area contributed by atoms with E-state index in [1.54, 1.807) is 0 Å². The molecule has 0 amide bonds. The first-order chi connectivity index (χ1) is 7.10. The summed E-state index contributed by atoms with van der Waals surface area (Å²) >= 11 is 5.93. The first kappa shape index (κ1) is 12.5. The van der Waals surface area contributed by atoms with E-state index in [9.17, 15) is 0 Å². The minimum absolute atomic E-state index is 0.201. The van der Waals surface area contributed by atoms with Crippen molar-refractivity contribution in [3.8, 4) is 0 Å². The number of nitrogens with one attached hydrogen (secondary N) is 1. The molecule has 3 N–H and O–H groups in total. The SMILES string of the molecule is CCC(C)C(NN)c1ccc(Cl)cc1C. The molecule has 0 aromatic heterocycles. The molecule has 0 aliphatic rings. The largest absolute Gasteiger partial charge is 0.271 e. The molecule has 0 radical (unpaired) electrons. The topological polar surface area (TPSA) is 38.0 Å². The fourth-order valence-corrected chi connectivity index (χ4v) is 2.01. The van der Waals surface area contributed by atoms with E-state index in [0.29, 0.717) is 5.92 Å². The summed E-state index contributed by atoms with van der Waals surface area (Å²) in [4.78, 5) is 0. The van der Waals surface area contributed by atoms with Crippen LogP contribution in [0.1, 0.15) is 37.4 Å². The van der Waals surface area contributed by atoms with Gasteiger partial charge in [-0.3, -0.25) is 11.3 Å². The summed E-state index contributed by atoms with van der Waals surface area (Å²) < 4.78 is 0. The lowest BCUT2D eigenvalue weighted by molar-refractivity contribution is 0.381. The molecular formula is C12H19ClN2.